The molecule has 0 aliphatic heterocycles. The van der Waals surface area contributed by atoms with Gasteiger partial charge in [0.15, 0.2) is 11.9 Å². The van der Waals surface area contributed by atoms with E-state index in [-0.39, 0.29) is 11.4 Å². The average Bonchev–Trinajstić information content (AvgIpc) is 2.51. The summed E-state index contributed by atoms with van der Waals surface area (Å²) in [4.78, 5) is 22.5. The second-order valence-corrected chi connectivity index (χ2v) is 4.98. The molecule has 1 atom stereocenters. The molecule has 0 aliphatic carbocycles. The molecule has 2 aromatic carbocycles. The fraction of sp³-hybridized carbons (Fsp3) is 0.188. The largest absolute Gasteiger partial charge is 0.474 e. The summed E-state index contributed by atoms with van der Waals surface area (Å²) in [5.41, 5.74) is 0.921. The molecule has 23 heavy (non-hydrogen) atoms. The monoisotopic (exact) mass is 318 g/mol. The van der Waals surface area contributed by atoms with E-state index in [2.05, 4.69) is 5.32 Å². The van der Waals surface area contributed by atoms with Crippen LogP contribution in [0.2, 0.25) is 0 Å². The summed E-state index contributed by atoms with van der Waals surface area (Å²) >= 11 is 0. The summed E-state index contributed by atoms with van der Waals surface area (Å²) in [7, 11) is 0. The Hall–Kier alpha value is -2.96. The predicted molar refractivity (Wildman–Crippen MR) is 83.0 cm³/mol. The minimum Gasteiger partial charge on any atom is -0.474 e. The Kier molecular flexibility index (Phi) is 4.90. The Labute approximate surface area is 132 Å². The van der Waals surface area contributed by atoms with E-state index in [0.717, 1.165) is 0 Å². The quantitative estimate of drug-likeness (QED) is 0.676. The third-order valence-corrected chi connectivity index (χ3v) is 3.10. The standard InChI is InChI=1S/C16H15FN2O4/c1-10-3-8-15(14(9-10)19(21)22)23-11(2)16(20)18-13-6-4-12(17)5-7-13/h3-9,11H,1-2H3,(H,18,20)/t11-/m0/s1. The second-order valence-electron chi connectivity index (χ2n) is 4.98. The molecule has 0 radical (unpaired) electrons. The number of carbonyl (C=O) groups is 1. The van der Waals surface area contributed by atoms with Crippen molar-refractivity contribution < 1.29 is 18.8 Å². The molecular weight excluding hydrogens is 303 g/mol. The summed E-state index contributed by atoms with van der Waals surface area (Å²) in [6, 6.07) is 9.74. The minimum atomic E-state index is -0.957. The molecule has 6 nitrogen and oxygen atoms in total. The van der Waals surface area contributed by atoms with Gasteiger partial charge >= 0.3 is 5.69 Å². The number of aryl methyl sites for hydroxylation is 1. The van der Waals surface area contributed by atoms with Gasteiger partial charge in [-0.05, 0) is 49.7 Å². The molecule has 1 amide bonds. The van der Waals surface area contributed by atoms with Gasteiger partial charge in [-0.25, -0.2) is 4.39 Å². The van der Waals surface area contributed by atoms with E-state index in [1.807, 2.05) is 0 Å². The predicted octanol–water partition coefficient (Wildman–Crippen LogP) is 3.45. The summed E-state index contributed by atoms with van der Waals surface area (Å²) in [6.45, 7) is 3.20. The molecule has 0 heterocycles. The average molecular weight is 318 g/mol. The summed E-state index contributed by atoms with van der Waals surface area (Å²) < 4.78 is 18.2. The molecule has 0 aliphatic rings. The Morgan fingerprint density at radius 3 is 2.52 bits per heavy atom. The number of hydrogen-bond acceptors (Lipinski definition) is 4. The van der Waals surface area contributed by atoms with Crippen molar-refractivity contribution in [3.63, 3.8) is 0 Å². The van der Waals surface area contributed by atoms with Gasteiger partial charge in [0.25, 0.3) is 5.91 Å². The lowest BCUT2D eigenvalue weighted by Gasteiger charge is -2.15. The third kappa shape index (κ3) is 4.26. The van der Waals surface area contributed by atoms with Crippen LogP contribution in [-0.2, 0) is 4.79 Å². The van der Waals surface area contributed by atoms with Crippen molar-refractivity contribution >= 4 is 17.3 Å². The number of amides is 1. The van der Waals surface area contributed by atoms with Crippen LogP contribution in [0.25, 0.3) is 0 Å². The first kappa shape index (κ1) is 16.4. The van der Waals surface area contributed by atoms with Gasteiger partial charge in [-0.15, -0.1) is 0 Å². The summed E-state index contributed by atoms with van der Waals surface area (Å²) in [6.07, 6.45) is -0.957. The first-order chi connectivity index (χ1) is 10.9. The Morgan fingerprint density at radius 2 is 1.91 bits per heavy atom. The van der Waals surface area contributed by atoms with Gasteiger partial charge in [0, 0.05) is 11.8 Å². The molecule has 1 N–H and O–H groups in total. The van der Waals surface area contributed by atoms with Crippen molar-refractivity contribution in [1.82, 2.24) is 0 Å². The maximum Gasteiger partial charge on any atom is 0.311 e. The van der Waals surface area contributed by atoms with Crippen LogP contribution in [0.5, 0.6) is 5.75 Å². The van der Waals surface area contributed by atoms with E-state index >= 15 is 0 Å². The van der Waals surface area contributed by atoms with E-state index < -0.39 is 22.8 Å². The number of nitrogens with zero attached hydrogens (tertiary/aromatic N) is 1. The van der Waals surface area contributed by atoms with Gasteiger partial charge in [0.1, 0.15) is 5.82 Å². The van der Waals surface area contributed by atoms with E-state index in [1.165, 1.54) is 43.3 Å². The molecule has 2 rings (SSSR count). The number of benzene rings is 2. The third-order valence-electron chi connectivity index (χ3n) is 3.10. The molecule has 0 saturated carbocycles. The van der Waals surface area contributed by atoms with Crippen LogP contribution in [0, 0.1) is 22.9 Å². The summed E-state index contributed by atoms with van der Waals surface area (Å²) in [5.74, 6) is -0.892. The van der Waals surface area contributed by atoms with E-state index in [9.17, 15) is 19.3 Å². The molecule has 7 heteroatoms. The SMILES string of the molecule is Cc1ccc(O[C@@H](C)C(=O)Nc2ccc(F)cc2)c([N+](=O)[O-])c1. The number of nitrogens with one attached hydrogen (secondary N) is 1. The van der Waals surface area contributed by atoms with Crippen molar-refractivity contribution in [2.24, 2.45) is 0 Å². The minimum absolute atomic E-state index is 0.0161. The topological polar surface area (TPSA) is 81.5 Å². The smallest absolute Gasteiger partial charge is 0.311 e. The van der Waals surface area contributed by atoms with Crippen LogP contribution < -0.4 is 10.1 Å². The summed E-state index contributed by atoms with van der Waals surface area (Å²) in [5, 5.41) is 13.6. The van der Waals surface area contributed by atoms with Gasteiger partial charge in [0.05, 0.1) is 4.92 Å². The fourth-order valence-electron chi connectivity index (χ4n) is 1.89. The molecule has 0 bridgehead atoms. The maximum atomic E-state index is 12.8. The molecule has 0 unspecified atom stereocenters. The van der Waals surface area contributed by atoms with Gasteiger partial charge in [-0.3, -0.25) is 14.9 Å². The van der Waals surface area contributed by atoms with Crippen molar-refractivity contribution in [3.05, 3.63) is 64.0 Å². The van der Waals surface area contributed by atoms with Gasteiger partial charge in [0.2, 0.25) is 0 Å². The zero-order valence-electron chi connectivity index (χ0n) is 12.6. The molecule has 0 aromatic heterocycles. The highest BCUT2D eigenvalue weighted by Crippen LogP contribution is 2.28. The highest BCUT2D eigenvalue weighted by molar-refractivity contribution is 5.94. The first-order valence-electron chi connectivity index (χ1n) is 6.85. The highest BCUT2D eigenvalue weighted by Gasteiger charge is 2.21. The van der Waals surface area contributed by atoms with E-state index in [0.29, 0.717) is 11.3 Å². The van der Waals surface area contributed by atoms with Crippen LogP contribution in [-0.4, -0.2) is 16.9 Å². The fourth-order valence-corrected chi connectivity index (χ4v) is 1.89. The molecular formula is C16H15FN2O4. The number of carbonyl (C=O) groups excluding carboxylic acids is 1. The molecule has 0 spiro atoms. The van der Waals surface area contributed by atoms with Crippen LogP contribution in [0.3, 0.4) is 0 Å². The number of hydrogen-bond donors (Lipinski definition) is 1. The van der Waals surface area contributed by atoms with E-state index in [4.69, 9.17) is 4.74 Å². The van der Waals surface area contributed by atoms with Crippen molar-refractivity contribution in [2.45, 2.75) is 20.0 Å². The second kappa shape index (κ2) is 6.87. The van der Waals surface area contributed by atoms with Gasteiger partial charge < -0.3 is 10.1 Å². The van der Waals surface area contributed by atoms with Crippen molar-refractivity contribution in [1.29, 1.82) is 0 Å². The van der Waals surface area contributed by atoms with Crippen molar-refractivity contribution in [2.75, 3.05) is 5.32 Å². The Balaban J connectivity index is 2.09. The lowest BCUT2D eigenvalue weighted by atomic mass is 10.2. The lowest BCUT2D eigenvalue weighted by Crippen LogP contribution is -2.30. The van der Waals surface area contributed by atoms with Crippen LogP contribution >= 0.6 is 0 Å². The maximum absolute atomic E-state index is 12.8. The van der Waals surface area contributed by atoms with Crippen LogP contribution in [0.15, 0.2) is 42.5 Å². The Bertz CT molecular complexity index is 731. The number of nitro benzene ring substituents is 1. The molecule has 2 aromatic rings. The number of halogens is 1. The van der Waals surface area contributed by atoms with Gasteiger partial charge in [-0.2, -0.15) is 0 Å². The Morgan fingerprint density at radius 1 is 1.26 bits per heavy atom. The zero-order chi connectivity index (χ0) is 17.0. The lowest BCUT2D eigenvalue weighted by molar-refractivity contribution is -0.386. The van der Waals surface area contributed by atoms with Crippen LogP contribution in [0.1, 0.15) is 12.5 Å². The van der Waals surface area contributed by atoms with Crippen molar-refractivity contribution in [3.8, 4) is 5.75 Å². The number of ether oxygens (including phenoxy) is 1. The molecule has 0 saturated heterocycles. The van der Waals surface area contributed by atoms with E-state index in [1.54, 1.807) is 13.0 Å². The molecule has 0 fully saturated rings. The first-order valence-corrected chi connectivity index (χ1v) is 6.85. The highest BCUT2D eigenvalue weighted by atomic mass is 19.1. The normalized spacial score (nSPS) is 11.6. The number of rotatable bonds is 5. The number of anilines is 1. The zero-order valence-corrected chi connectivity index (χ0v) is 12.6. The van der Waals surface area contributed by atoms with Gasteiger partial charge in [-0.1, -0.05) is 6.07 Å². The van der Waals surface area contributed by atoms with Crippen LogP contribution in [0.4, 0.5) is 15.8 Å². The number of nitro groups is 1. The molecule has 120 valence electrons.